The van der Waals surface area contributed by atoms with Crippen molar-refractivity contribution in [2.75, 3.05) is 0 Å². The predicted octanol–water partition coefficient (Wildman–Crippen LogP) is 4.28. The lowest BCUT2D eigenvalue weighted by molar-refractivity contribution is -0.134. The second-order valence-corrected chi connectivity index (χ2v) is 5.96. The zero-order chi connectivity index (χ0) is 17.6. The van der Waals surface area contributed by atoms with Crippen molar-refractivity contribution in [3.05, 3.63) is 76.1 Å². The summed E-state index contributed by atoms with van der Waals surface area (Å²) in [4.78, 5) is 23.7. The maximum atomic E-state index is 12.0. The summed E-state index contributed by atoms with van der Waals surface area (Å²) in [5, 5.41) is 0.880. The average molecular weight is 336 g/mol. The summed E-state index contributed by atoms with van der Waals surface area (Å²) >= 11 is 0. The minimum absolute atomic E-state index is 0.294. The number of aryl methyl sites for hydroxylation is 2. The summed E-state index contributed by atoms with van der Waals surface area (Å²) in [6.07, 6.45) is 2.66. The molecule has 0 aliphatic carbocycles. The third-order valence-electron chi connectivity index (χ3n) is 4.01. The number of rotatable bonds is 6. The molecule has 1 heterocycles. The molecule has 0 fully saturated rings. The number of benzene rings is 2. The van der Waals surface area contributed by atoms with Crippen molar-refractivity contribution in [1.82, 2.24) is 0 Å². The molecule has 0 spiro atoms. The van der Waals surface area contributed by atoms with Crippen molar-refractivity contribution in [3.63, 3.8) is 0 Å². The largest absolute Gasteiger partial charge is 0.426 e. The number of carbonyl (C=O) groups excluding carboxylic acids is 1. The van der Waals surface area contributed by atoms with E-state index < -0.39 is 0 Å². The van der Waals surface area contributed by atoms with Gasteiger partial charge in [0.2, 0.25) is 0 Å². The van der Waals surface area contributed by atoms with E-state index in [1.54, 1.807) is 12.1 Å². The Hall–Kier alpha value is -2.88. The third kappa shape index (κ3) is 4.35. The maximum Gasteiger partial charge on any atom is 0.336 e. The van der Waals surface area contributed by atoms with Gasteiger partial charge in [0.25, 0.3) is 0 Å². The zero-order valence-corrected chi connectivity index (χ0v) is 14.2. The van der Waals surface area contributed by atoms with E-state index >= 15 is 0 Å². The molecule has 0 N–H and O–H groups in total. The van der Waals surface area contributed by atoms with Crippen molar-refractivity contribution >= 4 is 16.9 Å². The lowest BCUT2D eigenvalue weighted by Gasteiger charge is -2.07. The normalized spacial score (nSPS) is 10.8. The molecule has 0 aliphatic heterocycles. The first-order chi connectivity index (χ1) is 12.2. The maximum absolute atomic E-state index is 12.0. The summed E-state index contributed by atoms with van der Waals surface area (Å²) in [7, 11) is 0. The van der Waals surface area contributed by atoms with Gasteiger partial charge in [-0.25, -0.2) is 4.79 Å². The van der Waals surface area contributed by atoms with Crippen LogP contribution in [-0.2, 0) is 17.6 Å². The smallest absolute Gasteiger partial charge is 0.336 e. The van der Waals surface area contributed by atoms with E-state index in [2.05, 4.69) is 6.92 Å². The Morgan fingerprint density at radius 1 is 1.04 bits per heavy atom. The van der Waals surface area contributed by atoms with Crippen LogP contribution in [0.1, 0.15) is 30.9 Å². The molecular formula is C21H20O4. The van der Waals surface area contributed by atoms with Crippen LogP contribution in [0.25, 0.3) is 11.0 Å². The van der Waals surface area contributed by atoms with Gasteiger partial charge in [-0.3, -0.25) is 4.79 Å². The first-order valence-corrected chi connectivity index (χ1v) is 8.47. The van der Waals surface area contributed by atoms with E-state index in [9.17, 15) is 9.59 Å². The fourth-order valence-electron chi connectivity index (χ4n) is 2.82. The zero-order valence-electron chi connectivity index (χ0n) is 14.2. The van der Waals surface area contributed by atoms with Gasteiger partial charge in [-0.05, 0) is 36.1 Å². The molecule has 1 aromatic heterocycles. The summed E-state index contributed by atoms with van der Waals surface area (Å²) in [6.45, 7) is 2.06. The van der Waals surface area contributed by atoms with Crippen LogP contribution in [0.4, 0.5) is 0 Å². The summed E-state index contributed by atoms with van der Waals surface area (Å²) in [6, 6.07) is 16.5. The lowest BCUT2D eigenvalue weighted by Crippen LogP contribution is -2.09. The number of ether oxygens (including phenoxy) is 1. The molecule has 0 saturated carbocycles. The molecule has 4 nitrogen and oxygen atoms in total. The van der Waals surface area contributed by atoms with Crippen LogP contribution in [0.15, 0.2) is 63.8 Å². The van der Waals surface area contributed by atoms with E-state index in [1.807, 2.05) is 36.4 Å². The first-order valence-electron chi connectivity index (χ1n) is 8.47. The third-order valence-corrected chi connectivity index (χ3v) is 4.01. The Morgan fingerprint density at radius 2 is 1.84 bits per heavy atom. The van der Waals surface area contributed by atoms with Crippen molar-refractivity contribution < 1.29 is 13.9 Å². The van der Waals surface area contributed by atoms with Crippen LogP contribution >= 0.6 is 0 Å². The van der Waals surface area contributed by atoms with Crippen LogP contribution in [-0.4, -0.2) is 5.97 Å². The van der Waals surface area contributed by atoms with Gasteiger partial charge in [-0.15, -0.1) is 0 Å². The monoisotopic (exact) mass is 336 g/mol. The van der Waals surface area contributed by atoms with Gasteiger partial charge in [0.1, 0.15) is 11.3 Å². The Balaban J connectivity index is 1.73. The average Bonchev–Trinajstić information content (AvgIpc) is 2.61. The minimum Gasteiger partial charge on any atom is -0.426 e. The Kier molecular flexibility index (Phi) is 5.29. The van der Waals surface area contributed by atoms with Crippen LogP contribution in [0.2, 0.25) is 0 Å². The number of hydrogen-bond donors (Lipinski definition) is 0. The molecule has 128 valence electrons. The molecule has 2 aromatic carbocycles. The highest BCUT2D eigenvalue weighted by molar-refractivity contribution is 5.82. The Labute approximate surface area is 146 Å². The molecule has 0 atom stereocenters. The number of esters is 1. The summed E-state index contributed by atoms with van der Waals surface area (Å²) < 4.78 is 10.6. The summed E-state index contributed by atoms with van der Waals surface area (Å²) in [5.41, 5.74) is 2.11. The van der Waals surface area contributed by atoms with Gasteiger partial charge in [-0.1, -0.05) is 43.7 Å². The second-order valence-electron chi connectivity index (χ2n) is 5.96. The molecule has 4 heteroatoms. The van der Waals surface area contributed by atoms with E-state index in [0.717, 1.165) is 29.4 Å². The van der Waals surface area contributed by atoms with Crippen molar-refractivity contribution in [2.45, 2.75) is 32.6 Å². The number of carbonyl (C=O) groups is 1. The van der Waals surface area contributed by atoms with Gasteiger partial charge in [-0.2, -0.15) is 0 Å². The SMILES string of the molecule is CCCc1cc(=O)oc2cc(OC(=O)CCc3ccccc3)ccc12. The van der Waals surface area contributed by atoms with Crippen LogP contribution in [0.3, 0.4) is 0 Å². The molecule has 0 saturated heterocycles. The van der Waals surface area contributed by atoms with E-state index in [0.29, 0.717) is 24.2 Å². The molecule has 0 unspecified atom stereocenters. The molecular weight excluding hydrogens is 316 g/mol. The number of hydrogen-bond acceptors (Lipinski definition) is 4. The Morgan fingerprint density at radius 3 is 2.60 bits per heavy atom. The topological polar surface area (TPSA) is 56.5 Å². The Bertz CT molecular complexity index is 926. The van der Waals surface area contributed by atoms with Crippen molar-refractivity contribution in [2.24, 2.45) is 0 Å². The highest BCUT2D eigenvalue weighted by Crippen LogP contribution is 2.24. The van der Waals surface area contributed by atoms with Crippen molar-refractivity contribution in [3.8, 4) is 5.75 Å². The highest BCUT2D eigenvalue weighted by Gasteiger charge is 2.10. The van der Waals surface area contributed by atoms with E-state index in [4.69, 9.17) is 9.15 Å². The lowest BCUT2D eigenvalue weighted by atomic mass is 10.1. The van der Waals surface area contributed by atoms with Crippen LogP contribution < -0.4 is 10.4 Å². The molecule has 0 bridgehead atoms. The highest BCUT2D eigenvalue weighted by atomic mass is 16.5. The van der Waals surface area contributed by atoms with Crippen molar-refractivity contribution in [1.29, 1.82) is 0 Å². The molecule has 0 radical (unpaired) electrons. The van der Waals surface area contributed by atoms with E-state index in [1.165, 1.54) is 6.07 Å². The minimum atomic E-state index is -0.386. The first kappa shape index (κ1) is 17.0. The van der Waals surface area contributed by atoms with Gasteiger partial charge in [0.15, 0.2) is 0 Å². The fraction of sp³-hybridized carbons (Fsp3) is 0.238. The predicted molar refractivity (Wildman–Crippen MR) is 96.9 cm³/mol. The summed E-state index contributed by atoms with van der Waals surface area (Å²) in [5.74, 6) is 0.0811. The molecule has 0 amide bonds. The van der Waals surface area contributed by atoms with Crippen LogP contribution in [0.5, 0.6) is 5.75 Å². The number of fused-ring (bicyclic) bond motifs is 1. The second kappa shape index (κ2) is 7.79. The fourth-order valence-corrected chi connectivity index (χ4v) is 2.82. The van der Waals surface area contributed by atoms with E-state index in [-0.39, 0.29) is 11.6 Å². The molecule has 25 heavy (non-hydrogen) atoms. The van der Waals surface area contributed by atoms with Gasteiger partial charge in [0, 0.05) is 23.9 Å². The van der Waals surface area contributed by atoms with Gasteiger partial charge in [0.05, 0.1) is 0 Å². The van der Waals surface area contributed by atoms with Gasteiger partial charge < -0.3 is 9.15 Å². The van der Waals surface area contributed by atoms with Gasteiger partial charge >= 0.3 is 11.6 Å². The quantitative estimate of drug-likeness (QED) is 0.383. The molecule has 3 rings (SSSR count). The standard InChI is InChI=1S/C21H20O4/c1-2-6-16-13-21(23)25-19-14-17(10-11-18(16)19)24-20(22)12-9-15-7-4-3-5-8-15/h3-5,7-8,10-11,13-14H,2,6,9,12H2,1H3. The molecule has 3 aromatic rings. The van der Waals surface area contributed by atoms with Crippen LogP contribution in [0, 0.1) is 0 Å². The molecule has 0 aliphatic rings.